The molecule has 0 fully saturated rings. The largest absolute Gasteiger partial charge is 0.455 e. The second-order valence-electron chi connectivity index (χ2n) is 4.92. The third-order valence-electron chi connectivity index (χ3n) is 3.11. The van der Waals surface area contributed by atoms with Gasteiger partial charge in [-0.2, -0.15) is 11.3 Å². The number of thiazole rings is 1. The predicted molar refractivity (Wildman–Crippen MR) is 95.2 cm³/mol. The Hall–Kier alpha value is -2.51. The van der Waals surface area contributed by atoms with Crippen LogP contribution in [0.3, 0.4) is 0 Å². The van der Waals surface area contributed by atoms with E-state index >= 15 is 0 Å². The lowest BCUT2D eigenvalue weighted by atomic mass is 10.2. The van der Waals surface area contributed by atoms with Crippen molar-refractivity contribution in [3.63, 3.8) is 0 Å². The van der Waals surface area contributed by atoms with Crippen molar-refractivity contribution in [1.29, 1.82) is 0 Å². The van der Waals surface area contributed by atoms with Crippen LogP contribution in [0.1, 0.15) is 5.56 Å². The normalized spacial score (nSPS) is 10.3. The van der Waals surface area contributed by atoms with Gasteiger partial charge in [-0.05, 0) is 22.4 Å². The monoisotopic (exact) mass is 358 g/mol. The Kier molecular flexibility index (Phi) is 5.35. The van der Waals surface area contributed by atoms with Crippen molar-refractivity contribution in [1.82, 2.24) is 4.98 Å². The molecule has 2 heterocycles. The molecule has 3 rings (SSSR count). The molecule has 1 aromatic carbocycles. The van der Waals surface area contributed by atoms with Crippen LogP contribution in [-0.4, -0.2) is 23.5 Å². The molecule has 0 aliphatic carbocycles. The zero-order valence-corrected chi connectivity index (χ0v) is 14.2. The van der Waals surface area contributed by atoms with E-state index in [9.17, 15) is 9.59 Å². The molecule has 0 unspecified atom stereocenters. The van der Waals surface area contributed by atoms with Crippen LogP contribution in [-0.2, 0) is 20.7 Å². The lowest BCUT2D eigenvalue weighted by molar-refractivity contribution is -0.146. The Balaban J connectivity index is 1.48. The van der Waals surface area contributed by atoms with Gasteiger partial charge in [-0.25, -0.2) is 4.98 Å². The first kappa shape index (κ1) is 16.4. The summed E-state index contributed by atoms with van der Waals surface area (Å²) < 4.78 is 4.97. The quantitative estimate of drug-likeness (QED) is 0.684. The number of thiophene rings is 1. The van der Waals surface area contributed by atoms with Crippen LogP contribution in [0.4, 0.5) is 5.13 Å². The van der Waals surface area contributed by atoms with E-state index < -0.39 is 11.9 Å². The number of aromatic nitrogens is 1. The maximum atomic E-state index is 11.8. The van der Waals surface area contributed by atoms with Gasteiger partial charge in [-0.3, -0.25) is 14.9 Å². The Bertz CT molecular complexity index is 814. The van der Waals surface area contributed by atoms with Gasteiger partial charge in [0.05, 0.1) is 12.1 Å². The summed E-state index contributed by atoms with van der Waals surface area (Å²) >= 11 is 2.84. The van der Waals surface area contributed by atoms with Gasteiger partial charge >= 0.3 is 5.97 Å². The molecule has 7 heteroatoms. The molecule has 24 heavy (non-hydrogen) atoms. The molecule has 0 aliphatic rings. The van der Waals surface area contributed by atoms with E-state index in [2.05, 4.69) is 10.3 Å². The van der Waals surface area contributed by atoms with E-state index in [4.69, 9.17) is 4.74 Å². The number of hydrogen-bond donors (Lipinski definition) is 1. The minimum Gasteiger partial charge on any atom is -0.455 e. The van der Waals surface area contributed by atoms with E-state index in [1.165, 1.54) is 22.7 Å². The molecule has 0 radical (unpaired) electrons. The Labute approximate surface area is 146 Å². The number of anilines is 1. The number of esters is 1. The molecule has 122 valence electrons. The second kappa shape index (κ2) is 7.85. The molecule has 0 aliphatic heterocycles. The van der Waals surface area contributed by atoms with Crippen molar-refractivity contribution in [3.8, 4) is 11.3 Å². The van der Waals surface area contributed by atoms with Crippen LogP contribution in [0.5, 0.6) is 0 Å². The maximum absolute atomic E-state index is 11.8. The lowest BCUT2D eigenvalue weighted by Gasteiger charge is -2.04. The Morgan fingerprint density at radius 3 is 2.71 bits per heavy atom. The number of hydrogen-bond acceptors (Lipinski definition) is 6. The number of rotatable bonds is 6. The molecule has 1 amide bonds. The first-order chi connectivity index (χ1) is 11.7. The van der Waals surface area contributed by atoms with Crippen molar-refractivity contribution < 1.29 is 14.3 Å². The van der Waals surface area contributed by atoms with E-state index in [0.29, 0.717) is 5.13 Å². The Morgan fingerprint density at radius 2 is 1.96 bits per heavy atom. The van der Waals surface area contributed by atoms with Crippen LogP contribution in [0, 0.1) is 0 Å². The van der Waals surface area contributed by atoms with E-state index in [-0.39, 0.29) is 13.0 Å². The van der Waals surface area contributed by atoms with Crippen LogP contribution < -0.4 is 5.32 Å². The van der Waals surface area contributed by atoms with Crippen LogP contribution in [0.15, 0.2) is 52.5 Å². The molecule has 0 atom stereocenters. The van der Waals surface area contributed by atoms with Crippen molar-refractivity contribution in [3.05, 3.63) is 58.1 Å². The van der Waals surface area contributed by atoms with Crippen LogP contribution in [0.2, 0.25) is 0 Å². The molecule has 0 saturated carbocycles. The van der Waals surface area contributed by atoms with Crippen molar-refractivity contribution in [2.24, 2.45) is 0 Å². The van der Waals surface area contributed by atoms with Gasteiger partial charge in [0, 0.05) is 10.9 Å². The van der Waals surface area contributed by atoms with Gasteiger partial charge < -0.3 is 4.74 Å². The summed E-state index contributed by atoms with van der Waals surface area (Å²) in [5, 5.41) is 8.76. The topological polar surface area (TPSA) is 68.3 Å². The summed E-state index contributed by atoms with van der Waals surface area (Å²) in [4.78, 5) is 27.8. The molecule has 5 nitrogen and oxygen atoms in total. The fraction of sp³-hybridized carbons (Fsp3) is 0.118. The molecule has 0 saturated heterocycles. The summed E-state index contributed by atoms with van der Waals surface area (Å²) in [5.41, 5.74) is 2.67. The summed E-state index contributed by atoms with van der Waals surface area (Å²) in [6.07, 6.45) is 0.173. The van der Waals surface area contributed by atoms with E-state index in [0.717, 1.165) is 16.8 Å². The van der Waals surface area contributed by atoms with Crippen molar-refractivity contribution in [2.75, 3.05) is 11.9 Å². The molecule has 1 N–H and O–H groups in total. The first-order valence-electron chi connectivity index (χ1n) is 7.18. The third-order valence-corrected chi connectivity index (χ3v) is 4.60. The summed E-state index contributed by atoms with van der Waals surface area (Å²) in [7, 11) is 0. The smallest absolute Gasteiger partial charge is 0.310 e. The minimum atomic E-state index is -0.423. The van der Waals surface area contributed by atoms with E-state index in [1.54, 1.807) is 0 Å². The highest BCUT2D eigenvalue weighted by atomic mass is 32.1. The highest BCUT2D eigenvalue weighted by Gasteiger charge is 2.11. The Morgan fingerprint density at radius 1 is 1.12 bits per heavy atom. The number of ether oxygens (including phenoxy) is 1. The van der Waals surface area contributed by atoms with Gasteiger partial charge in [-0.15, -0.1) is 11.3 Å². The van der Waals surface area contributed by atoms with Gasteiger partial charge in [0.2, 0.25) is 0 Å². The summed E-state index contributed by atoms with van der Waals surface area (Å²) in [5.74, 6) is -0.824. The molecule has 0 bridgehead atoms. The average molecular weight is 358 g/mol. The SMILES string of the molecule is O=C(COC(=O)Cc1ccsc1)Nc1nc(-c2ccccc2)cs1. The standard InChI is InChI=1S/C17H14N2O3S2/c20-15(9-22-16(21)8-12-6-7-23-10-12)19-17-18-14(11-24-17)13-4-2-1-3-5-13/h1-7,10-11H,8-9H2,(H,18,19,20). The van der Waals surface area contributed by atoms with Crippen LogP contribution >= 0.6 is 22.7 Å². The highest BCUT2D eigenvalue weighted by Crippen LogP contribution is 2.24. The average Bonchev–Trinajstić information content (AvgIpc) is 3.26. The second-order valence-corrected chi connectivity index (χ2v) is 6.56. The predicted octanol–water partition coefficient (Wildman–Crippen LogP) is 3.60. The molecule has 2 aromatic heterocycles. The van der Waals surface area contributed by atoms with Crippen LogP contribution in [0.25, 0.3) is 11.3 Å². The van der Waals surface area contributed by atoms with Gasteiger partial charge in [-0.1, -0.05) is 30.3 Å². The lowest BCUT2D eigenvalue weighted by Crippen LogP contribution is -2.21. The van der Waals surface area contributed by atoms with Gasteiger partial charge in [0.25, 0.3) is 5.91 Å². The number of carbonyl (C=O) groups excluding carboxylic acids is 2. The maximum Gasteiger partial charge on any atom is 0.310 e. The fourth-order valence-corrected chi connectivity index (χ4v) is 3.39. The summed E-state index contributed by atoms with van der Waals surface area (Å²) in [6.45, 7) is -0.316. The zero-order chi connectivity index (χ0) is 16.8. The van der Waals surface area contributed by atoms with Gasteiger partial charge in [0.15, 0.2) is 11.7 Å². The number of amides is 1. The van der Waals surface area contributed by atoms with Crippen molar-refractivity contribution >= 4 is 39.7 Å². The number of benzene rings is 1. The highest BCUT2D eigenvalue weighted by molar-refractivity contribution is 7.14. The van der Waals surface area contributed by atoms with Crippen molar-refractivity contribution in [2.45, 2.75) is 6.42 Å². The fourth-order valence-electron chi connectivity index (χ4n) is 1.98. The third kappa shape index (κ3) is 4.50. The van der Waals surface area contributed by atoms with Gasteiger partial charge in [0.1, 0.15) is 0 Å². The zero-order valence-electron chi connectivity index (χ0n) is 12.6. The number of carbonyl (C=O) groups is 2. The molecular weight excluding hydrogens is 344 g/mol. The molecular formula is C17H14N2O3S2. The molecule has 0 spiro atoms. The number of nitrogens with zero attached hydrogens (tertiary/aromatic N) is 1. The summed E-state index contributed by atoms with van der Waals surface area (Å²) in [6, 6.07) is 11.6. The number of nitrogens with one attached hydrogen (secondary N) is 1. The molecule has 3 aromatic rings. The van der Waals surface area contributed by atoms with E-state index in [1.807, 2.05) is 52.5 Å². The first-order valence-corrected chi connectivity index (χ1v) is 9.00. The minimum absolute atomic E-state index is 0.173.